The molecule has 134 valence electrons. The van der Waals surface area contributed by atoms with E-state index in [1.54, 1.807) is 6.20 Å². The number of H-pyrrole nitrogens is 1. The van der Waals surface area contributed by atoms with Crippen LogP contribution in [0.2, 0.25) is 0 Å². The van der Waals surface area contributed by atoms with Crippen molar-refractivity contribution in [1.29, 1.82) is 0 Å². The van der Waals surface area contributed by atoms with Gasteiger partial charge in [0.25, 0.3) is 0 Å². The molecule has 1 amide bonds. The highest BCUT2D eigenvalue weighted by atomic mass is 16.4. The number of carboxylic acids is 1. The van der Waals surface area contributed by atoms with E-state index in [0.717, 1.165) is 27.6 Å². The van der Waals surface area contributed by atoms with Crippen LogP contribution in [0.1, 0.15) is 43.9 Å². The van der Waals surface area contributed by atoms with Crippen molar-refractivity contribution in [2.45, 2.75) is 47.1 Å². The summed E-state index contributed by atoms with van der Waals surface area (Å²) in [4.78, 5) is 26.1. The number of hydrogen-bond acceptors (Lipinski definition) is 3. The molecule has 1 aliphatic rings. The SMILES string of the molecule is Cc1cc2c(c3cn[nH]c13)CN(CC(C)(C)C)C(=O)C(CC(=O)O)C2. The molecule has 0 spiro atoms. The number of aryl methyl sites for hydroxylation is 1. The molecule has 1 aromatic carbocycles. The normalized spacial score (nSPS) is 18.3. The van der Waals surface area contributed by atoms with Crippen molar-refractivity contribution in [3.63, 3.8) is 0 Å². The van der Waals surface area contributed by atoms with Crippen molar-refractivity contribution in [2.75, 3.05) is 6.54 Å². The molecule has 6 heteroatoms. The molecule has 6 nitrogen and oxygen atoms in total. The number of carbonyl (C=O) groups excluding carboxylic acids is 1. The van der Waals surface area contributed by atoms with Crippen LogP contribution in [0.15, 0.2) is 12.3 Å². The number of carbonyl (C=O) groups is 2. The predicted octanol–water partition coefficient (Wildman–Crippen LogP) is 2.89. The second-order valence-electron chi connectivity index (χ2n) is 8.24. The number of aliphatic carboxylic acids is 1. The Morgan fingerprint density at radius 1 is 1.44 bits per heavy atom. The van der Waals surface area contributed by atoms with Gasteiger partial charge < -0.3 is 10.0 Å². The van der Waals surface area contributed by atoms with E-state index >= 15 is 0 Å². The van der Waals surface area contributed by atoms with Crippen LogP contribution in [0, 0.1) is 18.3 Å². The lowest BCUT2D eigenvalue weighted by molar-refractivity contribution is -0.145. The van der Waals surface area contributed by atoms with Gasteiger partial charge in [0.2, 0.25) is 5.91 Å². The van der Waals surface area contributed by atoms with Crippen LogP contribution in [0.3, 0.4) is 0 Å². The highest BCUT2D eigenvalue weighted by molar-refractivity contribution is 5.89. The van der Waals surface area contributed by atoms with Gasteiger partial charge in [0.15, 0.2) is 0 Å². The van der Waals surface area contributed by atoms with Gasteiger partial charge in [-0.25, -0.2) is 0 Å². The first-order chi connectivity index (χ1) is 11.7. The molecule has 0 saturated carbocycles. The number of rotatable bonds is 3. The van der Waals surface area contributed by atoms with Gasteiger partial charge in [-0.15, -0.1) is 0 Å². The van der Waals surface area contributed by atoms with E-state index in [9.17, 15) is 14.7 Å². The Morgan fingerprint density at radius 3 is 2.80 bits per heavy atom. The Bertz CT molecular complexity index is 832. The molecule has 0 bridgehead atoms. The summed E-state index contributed by atoms with van der Waals surface area (Å²) in [5, 5.41) is 17.5. The molecule has 2 N–H and O–H groups in total. The lowest BCUT2D eigenvalue weighted by atomic mass is 9.91. The number of nitrogens with zero attached hydrogens (tertiary/aromatic N) is 2. The number of aromatic amines is 1. The fourth-order valence-electron chi connectivity index (χ4n) is 3.73. The number of carboxylic acid groups (broad SMARTS) is 1. The lowest BCUT2D eigenvalue weighted by Gasteiger charge is -2.31. The Labute approximate surface area is 147 Å². The number of amides is 1. The monoisotopic (exact) mass is 343 g/mol. The summed E-state index contributed by atoms with van der Waals surface area (Å²) < 4.78 is 0. The van der Waals surface area contributed by atoms with Crippen molar-refractivity contribution in [3.8, 4) is 0 Å². The Kier molecular flexibility index (Phi) is 4.31. The molecular weight excluding hydrogens is 318 g/mol. The Hall–Kier alpha value is -2.37. The molecule has 1 aliphatic heterocycles. The van der Waals surface area contributed by atoms with Crippen LogP contribution in [-0.2, 0) is 22.6 Å². The van der Waals surface area contributed by atoms with Gasteiger partial charge >= 0.3 is 5.97 Å². The maximum Gasteiger partial charge on any atom is 0.304 e. The van der Waals surface area contributed by atoms with Crippen LogP contribution >= 0.6 is 0 Å². The highest BCUT2D eigenvalue weighted by Crippen LogP contribution is 2.33. The largest absolute Gasteiger partial charge is 0.481 e. The Balaban J connectivity index is 2.11. The molecule has 2 aromatic rings. The Morgan fingerprint density at radius 2 is 2.16 bits per heavy atom. The second-order valence-corrected chi connectivity index (χ2v) is 8.24. The van der Waals surface area contributed by atoms with E-state index in [0.29, 0.717) is 19.5 Å². The lowest BCUT2D eigenvalue weighted by Crippen LogP contribution is -2.40. The van der Waals surface area contributed by atoms with Gasteiger partial charge in [0.1, 0.15) is 0 Å². The second kappa shape index (κ2) is 6.17. The van der Waals surface area contributed by atoms with Crippen molar-refractivity contribution < 1.29 is 14.7 Å². The molecule has 1 aromatic heterocycles. The predicted molar refractivity (Wildman–Crippen MR) is 95.1 cm³/mol. The van der Waals surface area contributed by atoms with E-state index in [-0.39, 0.29) is 17.7 Å². The fourth-order valence-corrected chi connectivity index (χ4v) is 3.73. The van der Waals surface area contributed by atoms with Crippen molar-refractivity contribution in [1.82, 2.24) is 15.1 Å². The van der Waals surface area contributed by atoms with Crippen LogP contribution in [0.25, 0.3) is 10.9 Å². The molecule has 2 heterocycles. The average molecular weight is 343 g/mol. The van der Waals surface area contributed by atoms with E-state index in [4.69, 9.17) is 0 Å². The summed E-state index contributed by atoms with van der Waals surface area (Å²) >= 11 is 0. The minimum Gasteiger partial charge on any atom is -0.481 e. The summed E-state index contributed by atoms with van der Waals surface area (Å²) in [6, 6.07) is 2.07. The standard InChI is InChI=1S/C19H25N3O3/c1-11-5-12-6-13(7-16(23)24)18(25)22(10-19(2,3)4)9-15(12)14-8-20-21-17(11)14/h5,8,13H,6-7,9-10H2,1-4H3,(H,20,21)(H,23,24). The first-order valence-corrected chi connectivity index (χ1v) is 8.61. The molecule has 3 rings (SSSR count). The number of aromatic nitrogens is 2. The van der Waals surface area contributed by atoms with Crippen molar-refractivity contribution in [2.24, 2.45) is 11.3 Å². The zero-order chi connectivity index (χ0) is 18.4. The first-order valence-electron chi connectivity index (χ1n) is 8.61. The smallest absolute Gasteiger partial charge is 0.304 e. The van der Waals surface area contributed by atoms with E-state index < -0.39 is 11.9 Å². The number of nitrogens with one attached hydrogen (secondary N) is 1. The van der Waals surface area contributed by atoms with Crippen LogP contribution in [-0.4, -0.2) is 38.6 Å². The maximum atomic E-state index is 13.0. The van der Waals surface area contributed by atoms with Gasteiger partial charge in [-0.3, -0.25) is 14.7 Å². The van der Waals surface area contributed by atoms with Gasteiger partial charge in [-0.05, 0) is 35.4 Å². The van der Waals surface area contributed by atoms with E-state index in [2.05, 4.69) is 37.0 Å². The molecular formula is C19H25N3O3. The highest BCUT2D eigenvalue weighted by Gasteiger charge is 2.34. The van der Waals surface area contributed by atoms with Crippen molar-refractivity contribution >= 4 is 22.8 Å². The molecule has 1 atom stereocenters. The third kappa shape index (κ3) is 3.52. The van der Waals surface area contributed by atoms with E-state index in [1.165, 1.54) is 0 Å². The minimum atomic E-state index is -0.932. The molecule has 0 aliphatic carbocycles. The van der Waals surface area contributed by atoms with Crippen LogP contribution in [0.4, 0.5) is 0 Å². The van der Waals surface area contributed by atoms with Gasteiger partial charge in [0.05, 0.1) is 24.1 Å². The van der Waals surface area contributed by atoms with Crippen LogP contribution in [0.5, 0.6) is 0 Å². The summed E-state index contributed by atoms with van der Waals surface area (Å²) in [5.74, 6) is -1.52. The van der Waals surface area contributed by atoms with Gasteiger partial charge in [-0.2, -0.15) is 5.10 Å². The summed E-state index contributed by atoms with van der Waals surface area (Å²) in [7, 11) is 0. The fraction of sp³-hybridized carbons (Fsp3) is 0.526. The summed E-state index contributed by atoms with van der Waals surface area (Å²) in [5.41, 5.74) is 4.13. The topological polar surface area (TPSA) is 86.3 Å². The maximum absolute atomic E-state index is 13.0. The van der Waals surface area contributed by atoms with E-state index in [1.807, 2.05) is 11.8 Å². The molecule has 1 unspecified atom stereocenters. The third-order valence-corrected chi connectivity index (χ3v) is 4.70. The molecule has 0 saturated heterocycles. The minimum absolute atomic E-state index is 0.0614. The van der Waals surface area contributed by atoms with Gasteiger partial charge in [-0.1, -0.05) is 26.8 Å². The molecule has 25 heavy (non-hydrogen) atoms. The van der Waals surface area contributed by atoms with Gasteiger partial charge in [0, 0.05) is 18.5 Å². The zero-order valence-corrected chi connectivity index (χ0v) is 15.2. The number of benzene rings is 1. The quantitative estimate of drug-likeness (QED) is 0.897. The molecule has 0 radical (unpaired) electrons. The summed E-state index contributed by atoms with van der Waals surface area (Å²) in [6.07, 6.45) is 2.13. The summed E-state index contributed by atoms with van der Waals surface area (Å²) in [6.45, 7) is 9.35. The van der Waals surface area contributed by atoms with Crippen LogP contribution < -0.4 is 0 Å². The first kappa shape index (κ1) is 17.5. The van der Waals surface area contributed by atoms with Crippen molar-refractivity contribution in [3.05, 3.63) is 29.0 Å². The number of fused-ring (bicyclic) bond motifs is 3. The molecule has 0 fully saturated rings. The third-order valence-electron chi connectivity index (χ3n) is 4.70. The average Bonchev–Trinajstić information content (AvgIpc) is 2.93. The number of hydrogen-bond donors (Lipinski definition) is 2. The zero-order valence-electron chi connectivity index (χ0n) is 15.2.